The molecule has 1 amide bonds. The number of carbonyl (C=O) groups excluding carboxylic acids is 1. The molecule has 29 heavy (non-hydrogen) atoms. The Kier molecular flexibility index (Phi) is 6.13. The van der Waals surface area contributed by atoms with Gasteiger partial charge in [0.1, 0.15) is 11.8 Å². The lowest BCUT2D eigenvalue weighted by molar-refractivity contribution is -0.134. The molecule has 0 N–H and O–H groups in total. The maximum Gasteiger partial charge on any atom is 0.260 e. The number of hydrogen-bond donors (Lipinski definition) is 0. The molecule has 0 saturated carbocycles. The summed E-state index contributed by atoms with van der Waals surface area (Å²) in [7, 11) is -3.80. The molecule has 1 fully saturated rings. The molecule has 1 aliphatic heterocycles. The van der Waals surface area contributed by atoms with Crippen LogP contribution in [0.4, 0.5) is 0 Å². The third kappa shape index (κ3) is 4.54. The Morgan fingerprint density at radius 2 is 1.62 bits per heavy atom. The lowest BCUT2D eigenvalue weighted by Gasteiger charge is -2.34. The summed E-state index contributed by atoms with van der Waals surface area (Å²) < 4.78 is 32.4. The Hall–Kier alpha value is -3.40. The maximum atomic E-state index is 12.8. The van der Waals surface area contributed by atoms with Crippen LogP contribution in [0, 0.1) is 22.7 Å². The lowest BCUT2D eigenvalue weighted by atomic mass is 10.2. The van der Waals surface area contributed by atoms with Gasteiger partial charge in [-0.1, -0.05) is 12.1 Å². The van der Waals surface area contributed by atoms with E-state index >= 15 is 0 Å². The summed E-state index contributed by atoms with van der Waals surface area (Å²) >= 11 is 0. The molecular weight excluding hydrogens is 392 g/mol. The predicted octanol–water partition coefficient (Wildman–Crippen LogP) is 1.34. The SMILES string of the molecule is N#Cc1ccc(OCC(=O)N2CCN(S(=O)(=O)c3ccccc3C#N)CC2)cc1. The van der Waals surface area contributed by atoms with Gasteiger partial charge in [0.15, 0.2) is 6.61 Å². The van der Waals surface area contributed by atoms with Gasteiger partial charge < -0.3 is 9.64 Å². The molecule has 0 aromatic heterocycles. The maximum absolute atomic E-state index is 12.8. The van der Waals surface area contributed by atoms with Crippen LogP contribution in [-0.4, -0.2) is 56.3 Å². The number of hydrogen-bond acceptors (Lipinski definition) is 6. The highest BCUT2D eigenvalue weighted by Crippen LogP contribution is 2.21. The summed E-state index contributed by atoms with van der Waals surface area (Å²) in [5, 5.41) is 17.9. The normalized spacial score (nSPS) is 14.6. The van der Waals surface area contributed by atoms with Crippen molar-refractivity contribution in [3.05, 3.63) is 59.7 Å². The zero-order valence-corrected chi connectivity index (χ0v) is 16.3. The minimum absolute atomic E-state index is 0.0218. The predicted molar refractivity (Wildman–Crippen MR) is 103 cm³/mol. The molecular formula is C20H18N4O4S. The van der Waals surface area contributed by atoms with Crippen molar-refractivity contribution < 1.29 is 17.9 Å². The van der Waals surface area contributed by atoms with Crippen LogP contribution < -0.4 is 4.74 Å². The summed E-state index contributed by atoms with van der Waals surface area (Å²) in [5.41, 5.74) is 0.598. The van der Waals surface area contributed by atoms with Crippen LogP contribution in [0.5, 0.6) is 5.75 Å². The van der Waals surface area contributed by atoms with Gasteiger partial charge in [-0.05, 0) is 36.4 Å². The molecule has 1 saturated heterocycles. The molecule has 2 aromatic rings. The van der Waals surface area contributed by atoms with Crippen molar-refractivity contribution in [1.29, 1.82) is 10.5 Å². The standard InChI is InChI=1S/C20H18N4O4S/c21-13-16-5-7-18(8-6-16)28-15-20(25)23-9-11-24(12-10-23)29(26,27)19-4-2-1-3-17(19)14-22/h1-8H,9-12,15H2. The van der Waals surface area contributed by atoms with Crippen LogP contribution in [-0.2, 0) is 14.8 Å². The molecule has 0 bridgehead atoms. The highest BCUT2D eigenvalue weighted by Gasteiger charge is 2.31. The van der Waals surface area contributed by atoms with Crippen LogP contribution in [0.25, 0.3) is 0 Å². The molecule has 148 valence electrons. The second-order valence-corrected chi connectivity index (χ2v) is 8.22. The van der Waals surface area contributed by atoms with E-state index in [9.17, 15) is 13.2 Å². The smallest absolute Gasteiger partial charge is 0.260 e. The lowest BCUT2D eigenvalue weighted by Crippen LogP contribution is -2.51. The minimum atomic E-state index is -3.80. The number of rotatable bonds is 5. The quantitative estimate of drug-likeness (QED) is 0.735. The summed E-state index contributed by atoms with van der Waals surface area (Å²) in [5.74, 6) is 0.232. The molecule has 9 heteroatoms. The van der Waals surface area contributed by atoms with Gasteiger partial charge in [0.25, 0.3) is 5.91 Å². The molecule has 8 nitrogen and oxygen atoms in total. The van der Waals surface area contributed by atoms with Crippen molar-refractivity contribution >= 4 is 15.9 Å². The first-order valence-corrected chi connectivity index (χ1v) is 10.3. The number of nitrogens with zero attached hydrogens (tertiary/aromatic N) is 4. The summed E-state index contributed by atoms with van der Waals surface area (Å²) in [6.45, 7) is 0.596. The zero-order chi connectivity index (χ0) is 20.9. The molecule has 1 heterocycles. The fraction of sp³-hybridized carbons (Fsp3) is 0.250. The van der Waals surface area contributed by atoms with Crippen LogP contribution >= 0.6 is 0 Å². The Balaban J connectivity index is 1.57. The molecule has 0 spiro atoms. The number of sulfonamides is 1. The van der Waals surface area contributed by atoms with E-state index in [2.05, 4.69) is 0 Å². The van der Waals surface area contributed by atoms with E-state index in [1.54, 1.807) is 41.3 Å². The number of nitriles is 2. The number of amides is 1. The Morgan fingerprint density at radius 1 is 0.966 bits per heavy atom. The second-order valence-electron chi connectivity index (χ2n) is 6.32. The molecule has 0 radical (unpaired) electrons. The Labute approximate surface area is 169 Å². The molecule has 1 aliphatic rings. The fourth-order valence-corrected chi connectivity index (χ4v) is 4.53. The fourth-order valence-electron chi connectivity index (χ4n) is 2.96. The molecule has 2 aromatic carbocycles. The summed E-state index contributed by atoms with van der Waals surface area (Å²) in [6, 6.07) is 16.4. The Bertz CT molecular complexity index is 1080. The topological polar surface area (TPSA) is 114 Å². The van der Waals surface area contributed by atoms with Crippen molar-refractivity contribution in [3.8, 4) is 17.9 Å². The van der Waals surface area contributed by atoms with Gasteiger partial charge in [-0.25, -0.2) is 8.42 Å². The van der Waals surface area contributed by atoms with E-state index in [4.69, 9.17) is 15.3 Å². The van der Waals surface area contributed by atoms with E-state index in [-0.39, 0.29) is 49.2 Å². The largest absolute Gasteiger partial charge is 0.484 e. The first-order valence-electron chi connectivity index (χ1n) is 8.85. The van der Waals surface area contributed by atoms with Crippen LogP contribution in [0.15, 0.2) is 53.4 Å². The van der Waals surface area contributed by atoms with Crippen molar-refractivity contribution in [3.63, 3.8) is 0 Å². The van der Waals surface area contributed by atoms with E-state index in [1.165, 1.54) is 16.4 Å². The van der Waals surface area contributed by atoms with Crippen molar-refractivity contribution in [2.75, 3.05) is 32.8 Å². The molecule has 0 atom stereocenters. The van der Waals surface area contributed by atoms with Gasteiger partial charge in [0, 0.05) is 26.2 Å². The van der Waals surface area contributed by atoms with Crippen molar-refractivity contribution in [2.24, 2.45) is 0 Å². The van der Waals surface area contributed by atoms with Crippen LogP contribution in [0.2, 0.25) is 0 Å². The average molecular weight is 410 g/mol. The third-order valence-electron chi connectivity index (χ3n) is 4.56. The minimum Gasteiger partial charge on any atom is -0.484 e. The number of benzene rings is 2. The highest BCUT2D eigenvalue weighted by molar-refractivity contribution is 7.89. The van der Waals surface area contributed by atoms with Gasteiger partial charge in [0.2, 0.25) is 10.0 Å². The molecule has 0 unspecified atom stereocenters. The highest BCUT2D eigenvalue weighted by atomic mass is 32.2. The van der Waals surface area contributed by atoms with E-state index in [0.29, 0.717) is 11.3 Å². The zero-order valence-electron chi connectivity index (χ0n) is 15.5. The number of piperazine rings is 1. The van der Waals surface area contributed by atoms with Crippen LogP contribution in [0.3, 0.4) is 0 Å². The van der Waals surface area contributed by atoms with Gasteiger partial charge in [-0.3, -0.25) is 4.79 Å². The van der Waals surface area contributed by atoms with Crippen molar-refractivity contribution in [1.82, 2.24) is 9.21 Å². The second kappa shape index (κ2) is 8.74. The van der Waals surface area contributed by atoms with E-state index < -0.39 is 10.0 Å². The third-order valence-corrected chi connectivity index (χ3v) is 6.52. The van der Waals surface area contributed by atoms with E-state index in [0.717, 1.165) is 0 Å². The van der Waals surface area contributed by atoms with E-state index in [1.807, 2.05) is 12.1 Å². The first-order chi connectivity index (χ1) is 14.0. The average Bonchev–Trinajstić information content (AvgIpc) is 2.77. The summed E-state index contributed by atoms with van der Waals surface area (Å²) in [4.78, 5) is 13.9. The van der Waals surface area contributed by atoms with Gasteiger partial charge >= 0.3 is 0 Å². The van der Waals surface area contributed by atoms with Gasteiger partial charge in [0.05, 0.1) is 22.1 Å². The molecule has 3 rings (SSSR count). The Morgan fingerprint density at radius 3 is 2.24 bits per heavy atom. The summed E-state index contributed by atoms with van der Waals surface area (Å²) in [6.07, 6.45) is 0. The van der Waals surface area contributed by atoms with Crippen molar-refractivity contribution in [2.45, 2.75) is 4.90 Å². The monoisotopic (exact) mass is 410 g/mol. The molecule has 0 aliphatic carbocycles. The number of ether oxygens (including phenoxy) is 1. The first kappa shape index (κ1) is 20.3. The van der Waals surface area contributed by atoms with Gasteiger partial charge in [-0.15, -0.1) is 0 Å². The number of carbonyl (C=O) groups is 1. The van der Waals surface area contributed by atoms with Crippen LogP contribution in [0.1, 0.15) is 11.1 Å². The van der Waals surface area contributed by atoms with Gasteiger partial charge in [-0.2, -0.15) is 14.8 Å².